The Kier molecular flexibility index (Phi) is 2.16. The van der Waals surface area contributed by atoms with Crippen LogP contribution < -0.4 is 5.73 Å². The van der Waals surface area contributed by atoms with Crippen molar-refractivity contribution in [3.8, 4) is 10.8 Å². The van der Waals surface area contributed by atoms with Crippen molar-refractivity contribution in [2.45, 2.75) is 13.5 Å². The van der Waals surface area contributed by atoms with Crippen molar-refractivity contribution >= 4 is 11.3 Å². The van der Waals surface area contributed by atoms with Gasteiger partial charge in [-0.05, 0) is 18.6 Å². The van der Waals surface area contributed by atoms with Gasteiger partial charge in [0, 0.05) is 17.6 Å². The van der Waals surface area contributed by atoms with Gasteiger partial charge in [0.1, 0.15) is 0 Å². The molecule has 2 N–H and O–H groups in total. The monoisotopic (exact) mass is 194 g/mol. The van der Waals surface area contributed by atoms with E-state index in [9.17, 15) is 0 Å². The third kappa shape index (κ3) is 1.50. The first-order valence-corrected chi connectivity index (χ1v) is 4.82. The van der Waals surface area contributed by atoms with Crippen LogP contribution >= 0.6 is 11.3 Å². The standard InChI is InChI=1S/C9H10N2OS/c1-6-2-3-12-8(6)9-11-5-7(4-10)13-9/h2-3,5H,4,10H2,1H3. The topological polar surface area (TPSA) is 52.0 Å². The lowest BCUT2D eigenvalue weighted by Gasteiger charge is -1.90. The normalized spacial score (nSPS) is 10.6. The first-order chi connectivity index (χ1) is 6.31. The highest BCUT2D eigenvalue weighted by Gasteiger charge is 2.09. The van der Waals surface area contributed by atoms with Crippen LogP contribution in [0.1, 0.15) is 10.4 Å². The lowest BCUT2D eigenvalue weighted by molar-refractivity contribution is 0.580. The van der Waals surface area contributed by atoms with Gasteiger partial charge < -0.3 is 10.2 Å². The number of hydrogen-bond donors (Lipinski definition) is 1. The molecule has 2 aromatic heterocycles. The molecule has 0 spiro atoms. The van der Waals surface area contributed by atoms with Crippen LogP contribution in [0.5, 0.6) is 0 Å². The SMILES string of the molecule is Cc1ccoc1-c1ncc(CN)s1. The molecule has 0 bridgehead atoms. The Morgan fingerprint density at radius 2 is 2.46 bits per heavy atom. The van der Waals surface area contributed by atoms with Crippen molar-refractivity contribution in [2.24, 2.45) is 5.73 Å². The molecule has 0 aliphatic carbocycles. The molecule has 0 atom stereocenters. The summed E-state index contributed by atoms with van der Waals surface area (Å²) in [6.07, 6.45) is 3.47. The fraction of sp³-hybridized carbons (Fsp3) is 0.222. The summed E-state index contributed by atoms with van der Waals surface area (Å²) in [5.41, 5.74) is 6.60. The quantitative estimate of drug-likeness (QED) is 0.797. The number of hydrogen-bond acceptors (Lipinski definition) is 4. The molecule has 2 aromatic rings. The van der Waals surface area contributed by atoms with Gasteiger partial charge in [0.15, 0.2) is 10.8 Å². The average molecular weight is 194 g/mol. The molecular weight excluding hydrogens is 184 g/mol. The molecule has 0 fully saturated rings. The summed E-state index contributed by atoms with van der Waals surface area (Å²) >= 11 is 1.57. The Balaban J connectivity index is 2.41. The van der Waals surface area contributed by atoms with E-state index >= 15 is 0 Å². The molecule has 0 aromatic carbocycles. The molecule has 0 aliphatic rings. The van der Waals surface area contributed by atoms with Gasteiger partial charge >= 0.3 is 0 Å². The molecule has 0 aliphatic heterocycles. The zero-order chi connectivity index (χ0) is 9.26. The van der Waals surface area contributed by atoms with Crippen LogP contribution in [0.15, 0.2) is 22.9 Å². The Bertz CT molecular complexity index is 405. The van der Waals surface area contributed by atoms with Gasteiger partial charge in [0.25, 0.3) is 0 Å². The number of aryl methyl sites for hydroxylation is 1. The second-order valence-electron chi connectivity index (χ2n) is 2.77. The van der Waals surface area contributed by atoms with E-state index in [0.29, 0.717) is 6.54 Å². The highest BCUT2D eigenvalue weighted by molar-refractivity contribution is 7.14. The summed E-state index contributed by atoms with van der Waals surface area (Å²) in [7, 11) is 0. The molecule has 0 saturated carbocycles. The van der Waals surface area contributed by atoms with Crippen LogP contribution in [0.3, 0.4) is 0 Å². The van der Waals surface area contributed by atoms with Crippen molar-refractivity contribution in [1.82, 2.24) is 4.98 Å². The lowest BCUT2D eigenvalue weighted by atomic mass is 10.3. The second-order valence-corrected chi connectivity index (χ2v) is 3.88. The minimum absolute atomic E-state index is 0.539. The Hall–Kier alpha value is -1.13. The number of nitrogens with zero attached hydrogens (tertiary/aromatic N) is 1. The van der Waals surface area contributed by atoms with Crippen molar-refractivity contribution in [3.05, 3.63) is 29.0 Å². The van der Waals surface area contributed by atoms with E-state index in [1.54, 1.807) is 23.8 Å². The van der Waals surface area contributed by atoms with Gasteiger partial charge in [-0.2, -0.15) is 0 Å². The van der Waals surface area contributed by atoms with Gasteiger partial charge in [-0.3, -0.25) is 0 Å². The molecule has 0 unspecified atom stereocenters. The zero-order valence-electron chi connectivity index (χ0n) is 7.28. The van der Waals surface area contributed by atoms with Crippen molar-refractivity contribution in [2.75, 3.05) is 0 Å². The maximum Gasteiger partial charge on any atom is 0.165 e. The fourth-order valence-electron chi connectivity index (χ4n) is 1.10. The molecule has 2 heterocycles. The predicted molar refractivity (Wildman–Crippen MR) is 52.4 cm³/mol. The lowest BCUT2D eigenvalue weighted by Crippen LogP contribution is -1.91. The van der Waals surface area contributed by atoms with Gasteiger partial charge in [0.2, 0.25) is 0 Å². The Labute approximate surface area is 80.2 Å². The number of aromatic nitrogens is 1. The van der Waals surface area contributed by atoms with Crippen LogP contribution in [0.4, 0.5) is 0 Å². The highest BCUT2D eigenvalue weighted by atomic mass is 32.1. The van der Waals surface area contributed by atoms with E-state index in [4.69, 9.17) is 10.2 Å². The molecule has 4 heteroatoms. The number of nitrogens with two attached hydrogens (primary N) is 1. The van der Waals surface area contributed by atoms with Gasteiger partial charge in [-0.25, -0.2) is 4.98 Å². The first-order valence-electron chi connectivity index (χ1n) is 4.00. The molecular formula is C9H10N2OS. The Morgan fingerprint density at radius 3 is 3.00 bits per heavy atom. The van der Waals surface area contributed by atoms with Gasteiger partial charge in [-0.15, -0.1) is 11.3 Å². The summed E-state index contributed by atoms with van der Waals surface area (Å²) in [4.78, 5) is 5.31. The third-order valence-corrected chi connectivity index (χ3v) is 2.83. The van der Waals surface area contributed by atoms with Crippen molar-refractivity contribution < 1.29 is 4.42 Å². The molecule has 0 amide bonds. The second kappa shape index (κ2) is 3.32. The van der Waals surface area contributed by atoms with Gasteiger partial charge in [0.05, 0.1) is 6.26 Å². The number of rotatable bonds is 2. The van der Waals surface area contributed by atoms with Crippen molar-refractivity contribution in [1.29, 1.82) is 0 Å². The van der Waals surface area contributed by atoms with Crippen LogP contribution in [0.2, 0.25) is 0 Å². The average Bonchev–Trinajstić information content (AvgIpc) is 2.71. The van der Waals surface area contributed by atoms with E-state index in [0.717, 1.165) is 21.2 Å². The smallest absolute Gasteiger partial charge is 0.165 e. The van der Waals surface area contributed by atoms with E-state index in [1.807, 2.05) is 13.0 Å². The minimum Gasteiger partial charge on any atom is -0.462 e. The molecule has 3 nitrogen and oxygen atoms in total. The summed E-state index contributed by atoms with van der Waals surface area (Å²) in [5.74, 6) is 0.852. The molecule has 2 rings (SSSR count). The number of furan rings is 1. The molecule has 68 valence electrons. The minimum atomic E-state index is 0.539. The summed E-state index contributed by atoms with van der Waals surface area (Å²) in [5, 5.41) is 0.906. The van der Waals surface area contributed by atoms with E-state index in [-0.39, 0.29) is 0 Å². The van der Waals surface area contributed by atoms with E-state index in [2.05, 4.69) is 4.98 Å². The molecule has 13 heavy (non-hydrogen) atoms. The van der Waals surface area contributed by atoms with Gasteiger partial charge in [-0.1, -0.05) is 0 Å². The zero-order valence-corrected chi connectivity index (χ0v) is 8.10. The third-order valence-electron chi connectivity index (χ3n) is 1.81. The highest BCUT2D eigenvalue weighted by Crippen LogP contribution is 2.28. The van der Waals surface area contributed by atoms with Crippen LogP contribution in [-0.2, 0) is 6.54 Å². The van der Waals surface area contributed by atoms with Crippen LogP contribution in [0.25, 0.3) is 10.8 Å². The maximum atomic E-state index is 5.49. The first kappa shape index (κ1) is 8.47. The molecule has 0 radical (unpaired) electrons. The maximum absolute atomic E-state index is 5.49. The summed E-state index contributed by atoms with van der Waals surface area (Å²) in [6.45, 7) is 2.54. The van der Waals surface area contributed by atoms with E-state index in [1.165, 1.54) is 0 Å². The molecule has 0 saturated heterocycles. The van der Waals surface area contributed by atoms with Crippen molar-refractivity contribution in [3.63, 3.8) is 0 Å². The van der Waals surface area contributed by atoms with Crippen LogP contribution in [-0.4, -0.2) is 4.98 Å². The summed E-state index contributed by atoms with van der Waals surface area (Å²) in [6, 6.07) is 1.93. The summed E-state index contributed by atoms with van der Waals surface area (Å²) < 4.78 is 5.32. The number of thiazole rings is 1. The fourth-order valence-corrected chi connectivity index (χ4v) is 1.94. The predicted octanol–water partition coefficient (Wildman–Crippen LogP) is 2.17. The largest absolute Gasteiger partial charge is 0.462 e. The van der Waals surface area contributed by atoms with Crippen LogP contribution in [0, 0.1) is 6.92 Å². The Morgan fingerprint density at radius 1 is 1.62 bits per heavy atom. The van der Waals surface area contributed by atoms with E-state index < -0.39 is 0 Å².